The van der Waals surface area contributed by atoms with Gasteiger partial charge in [0.15, 0.2) is 0 Å². The minimum absolute atomic E-state index is 0.242. The lowest BCUT2D eigenvalue weighted by Crippen LogP contribution is -2.30. The number of nitrogens with one attached hydrogen (secondary N) is 2. The number of para-hydroxylation sites is 1. The Morgan fingerprint density at radius 2 is 1.96 bits per heavy atom. The van der Waals surface area contributed by atoms with Crippen LogP contribution in [0.25, 0.3) is 0 Å². The average Bonchev–Trinajstić information content (AvgIpc) is 2.56. The van der Waals surface area contributed by atoms with Crippen molar-refractivity contribution in [2.75, 3.05) is 25.6 Å². The third-order valence-corrected chi connectivity index (χ3v) is 3.29. The molecule has 0 heterocycles. The van der Waals surface area contributed by atoms with Crippen LogP contribution in [0.15, 0.2) is 48.5 Å². The van der Waals surface area contributed by atoms with Gasteiger partial charge in [0, 0.05) is 18.3 Å². The molecular weight excluding hydrogens is 292 g/mol. The van der Waals surface area contributed by atoms with Crippen LogP contribution in [0, 0.1) is 6.92 Å². The number of methoxy groups -OCH3 is 1. The molecule has 0 bridgehead atoms. The van der Waals surface area contributed by atoms with E-state index in [2.05, 4.69) is 10.6 Å². The Morgan fingerprint density at radius 3 is 2.74 bits per heavy atom. The quantitative estimate of drug-likeness (QED) is 0.768. The summed E-state index contributed by atoms with van der Waals surface area (Å²) in [4.78, 5) is 11.8. The van der Waals surface area contributed by atoms with Crippen molar-refractivity contribution >= 4 is 11.7 Å². The highest BCUT2D eigenvalue weighted by molar-refractivity contribution is 5.89. The van der Waals surface area contributed by atoms with Gasteiger partial charge in [-0.05, 0) is 37.1 Å². The SMILES string of the molecule is COc1cccc(NC(=O)NCCCOc2ccccc2C)c1. The molecule has 23 heavy (non-hydrogen) atoms. The van der Waals surface area contributed by atoms with Crippen LogP contribution in [0.4, 0.5) is 10.5 Å². The van der Waals surface area contributed by atoms with Crippen LogP contribution in [0.3, 0.4) is 0 Å². The van der Waals surface area contributed by atoms with E-state index in [1.165, 1.54) is 0 Å². The van der Waals surface area contributed by atoms with Crippen molar-refractivity contribution in [3.05, 3.63) is 54.1 Å². The molecule has 0 spiro atoms. The van der Waals surface area contributed by atoms with Crippen molar-refractivity contribution in [3.63, 3.8) is 0 Å². The molecule has 2 aromatic rings. The second-order valence-corrected chi connectivity index (χ2v) is 5.08. The summed E-state index contributed by atoms with van der Waals surface area (Å²) in [7, 11) is 1.59. The lowest BCUT2D eigenvalue weighted by atomic mass is 10.2. The minimum atomic E-state index is -0.242. The van der Waals surface area contributed by atoms with E-state index in [9.17, 15) is 4.79 Å². The molecule has 2 aromatic carbocycles. The van der Waals surface area contributed by atoms with Gasteiger partial charge in [-0.25, -0.2) is 4.79 Å². The average molecular weight is 314 g/mol. The molecule has 0 radical (unpaired) electrons. The molecule has 2 rings (SSSR count). The maximum Gasteiger partial charge on any atom is 0.319 e. The van der Waals surface area contributed by atoms with Gasteiger partial charge in [-0.3, -0.25) is 0 Å². The van der Waals surface area contributed by atoms with E-state index >= 15 is 0 Å². The molecular formula is C18H22N2O3. The number of rotatable bonds is 7. The fourth-order valence-corrected chi connectivity index (χ4v) is 2.05. The zero-order valence-corrected chi connectivity index (χ0v) is 13.5. The van der Waals surface area contributed by atoms with Crippen LogP contribution < -0.4 is 20.1 Å². The lowest BCUT2D eigenvalue weighted by molar-refractivity contribution is 0.250. The molecule has 5 nitrogen and oxygen atoms in total. The van der Waals surface area contributed by atoms with E-state index in [0.717, 1.165) is 17.7 Å². The Labute approximate surface area is 136 Å². The number of benzene rings is 2. The third-order valence-electron chi connectivity index (χ3n) is 3.29. The van der Waals surface area contributed by atoms with Crippen LogP contribution in [-0.2, 0) is 0 Å². The molecule has 0 aliphatic rings. The minimum Gasteiger partial charge on any atom is -0.497 e. The third kappa shape index (κ3) is 5.54. The van der Waals surface area contributed by atoms with E-state index in [4.69, 9.17) is 9.47 Å². The Hall–Kier alpha value is -2.69. The van der Waals surface area contributed by atoms with Gasteiger partial charge in [0.25, 0.3) is 0 Å². The normalized spacial score (nSPS) is 10.0. The first kappa shape index (κ1) is 16.7. The molecule has 0 aliphatic heterocycles. The van der Waals surface area contributed by atoms with E-state index < -0.39 is 0 Å². The van der Waals surface area contributed by atoms with Gasteiger partial charge < -0.3 is 20.1 Å². The zero-order valence-electron chi connectivity index (χ0n) is 13.5. The molecule has 0 saturated carbocycles. The van der Waals surface area contributed by atoms with Crippen molar-refractivity contribution in [1.82, 2.24) is 5.32 Å². The number of aryl methyl sites for hydroxylation is 1. The molecule has 0 aromatic heterocycles. The summed E-state index contributed by atoms with van der Waals surface area (Å²) >= 11 is 0. The van der Waals surface area contributed by atoms with Crippen LogP contribution in [0.1, 0.15) is 12.0 Å². The van der Waals surface area contributed by atoms with E-state index in [-0.39, 0.29) is 6.03 Å². The molecule has 2 N–H and O–H groups in total. The first-order chi connectivity index (χ1) is 11.2. The Kier molecular flexibility index (Phi) is 6.29. The van der Waals surface area contributed by atoms with E-state index in [1.54, 1.807) is 13.2 Å². The first-order valence-electron chi connectivity index (χ1n) is 7.56. The number of ether oxygens (including phenoxy) is 2. The van der Waals surface area contributed by atoms with Crippen molar-refractivity contribution in [2.45, 2.75) is 13.3 Å². The van der Waals surface area contributed by atoms with E-state index in [0.29, 0.717) is 24.6 Å². The number of hydrogen-bond acceptors (Lipinski definition) is 3. The number of hydrogen-bond donors (Lipinski definition) is 2. The molecule has 0 saturated heterocycles. The molecule has 0 atom stereocenters. The molecule has 0 fully saturated rings. The fourth-order valence-electron chi connectivity index (χ4n) is 2.05. The van der Waals surface area contributed by atoms with Crippen molar-refractivity contribution < 1.29 is 14.3 Å². The Balaban J connectivity index is 1.66. The first-order valence-corrected chi connectivity index (χ1v) is 7.56. The molecule has 122 valence electrons. The van der Waals surface area contributed by atoms with E-state index in [1.807, 2.05) is 49.4 Å². The largest absolute Gasteiger partial charge is 0.497 e. The van der Waals surface area contributed by atoms with Gasteiger partial charge in [0.2, 0.25) is 0 Å². The second-order valence-electron chi connectivity index (χ2n) is 5.08. The number of amides is 2. The summed E-state index contributed by atoms with van der Waals surface area (Å²) in [6.45, 7) is 3.11. The summed E-state index contributed by atoms with van der Waals surface area (Å²) in [5, 5.41) is 5.56. The smallest absolute Gasteiger partial charge is 0.319 e. The number of carbonyl (C=O) groups excluding carboxylic acids is 1. The monoisotopic (exact) mass is 314 g/mol. The van der Waals surface area contributed by atoms with Gasteiger partial charge in [-0.2, -0.15) is 0 Å². The van der Waals surface area contributed by atoms with Crippen molar-refractivity contribution in [2.24, 2.45) is 0 Å². The van der Waals surface area contributed by atoms with Crippen molar-refractivity contribution in [3.8, 4) is 11.5 Å². The van der Waals surface area contributed by atoms with Gasteiger partial charge in [0.1, 0.15) is 11.5 Å². The summed E-state index contributed by atoms with van der Waals surface area (Å²) in [5.41, 5.74) is 1.80. The topological polar surface area (TPSA) is 59.6 Å². The standard InChI is InChI=1S/C18H22N2O3/c1-14-7-3-4-10-17(14)23-12-6-11-19-18(21)20-15-8-5-9-16(13-15)22-2/h3-5,7-10,13H,6,11-12H2,1-2H3,(H2,19,20,21). The highest BCUT2D eigenvalue weighted by Gasteiger charge is 2.02. The zero-order chi connectivity index (χ0) is 16.5. The Morgan fingerprint density at radius 1 is 1.13 bits per heavy atom. The van der Waals surface area contributed by atoms with Gasteiger partial charge in [-0.1, -0.05) is 24.3 Å². The predicted molar refractivity (Wildman–Crippen MR) is 91.3 cm³/mol. The molecule has 2 amide bonds. The molecule has 5 heteroatoms. The summed E-state index contributed by atoms with van der Waals surface area (Å²) in [6, 6.07) is 14.9. The van der Waals surface area contributed by atoms with Crippen LogP contribution >= 0.6 is 0 Å². The highest BCUT2D eigenvalue weighted by Crippen LogP contribution is 2.17. The lowest BCUT2D eigenvalue weighted by Gasteiger charge is -2.10. The second kappa shape index (κ2) is 8.68. The van der Waals surface area contributed by atoms with Gasteiger partial charge >= 0.3 is 6.03 Å². The van der Waals surface area contributed by atoms with Gasteiger partial charge in [-0.15, -0.1) is 0 Å². The Bertz CT molecular complexity index is 644. The molecule has 0 unspecified atom stereocenters. The molecule has 0 aliphatic carbocycles. The highest BCUT2D eigenvalue weighted by atomic mass is 16.5. The maximum atomic E-state index is 11.8. The maximum absolute atomic E-state index is 11.8. The summed E-state index contributed by atoms with van der Waals surface area (Å²) in [6.07, 6.45) is 0.736. The number of carbonyl (C=O) groups is 1. The van der Waals surface area contributed by atoms with Crippen LogP contribution in [-0.4, -0.2) is 26.3 Å². The predicted octanol–water partition coefficient (Wildman–Crippen LogP) is 3.59. The van der Waals surface area contributed by atoms with Gasteiger partial charge in [0.05, 0.1) is 13.7 Å². The summed E-state index contributed by atoms with van der Waals surface area (Å²) in [5.74, 6) is 1.59. The van der Waals surface area contributed by atoms with Crippen LogP contribution in [0.5, 0.6) is 11.5 Å². The summed E-state index contributed by atoms with van der Waals surface area (Å²) < 4.78 is 10.8. The fraction of sp³-hybridized carbons (Fsp3) is 0.278. The van der Waals surface area contributed by atoms with Crippen molar-refractivity contribution in [1.29, 1.82) is 0 Å². The number of anilines is 1. The van der Waals surface area contributed by atoms with Crippen LogP contribution in [0.2, 0.25) is 0 Å². The number of urea groups is 1.